The Labute approximate surface area is 110 Å². The zero-order valence-corrected chi connectivity index (χ0v) is 11.7. The Hall–Kier alpha value is -1.71. The molecule has 0 bridgehead atoms. The van der Waals surface area contributed by atoms with Crippen LogP contribution in [0.2, 0.25) is 0 Å². The van der Waals surface area contributed by atoms with Crippen LogP contribution >= 0.6 is 0 Å². The predicted molar refractivity (Wildman–Crippen MR) is 76.1 cm³/mol. The summed E-state index contributed by atoms with van der Waals surface area (Å²) in [7, 11) is 5.52. The van der Waals surface area contributed by atoms with Gasteiger partial charge in [0.2, 0.25) is 0 Å². The van der Waals surface area contributed by atoms with Gasteiger partial charge in [-0.1, -0.05) is 19.1 Å². The van der Waals surface area contributed by atoms with Crippen LogP contribution in [0, 0.1) is 0 Å². The molecule has 4 nitrogen and oxygen atoms in total. The number of nitrogens with zero attached hydrogens (tertiary/aromatic N) is 2. The maximum Gasteiger partial charge on any atom is 0.193 e. The average molecular weight is 249 g/mol. The van der Waals surface area contributed by atoms with Crippen molar-refractivity contribution < 1.29 is 4.74 Å². The van der Waals surface area contributed by atoms with E-state index in [1.54, 1.807) is 7.11 Å². The standard InChI is InChI=1S/C14H23N3O/c1-5-10-16-14(15-2)17(3)11-12-6-8-13(18-4)9-7-12/h6-9H,5,10-11H2,1-4H3,(H,15,16). The Balaban J connectivity index is 2.58. The molecule has 4 heteroatoms. The van der Waals surface area contributed by atoms with Crippen LogP contribution in [0.1, 0.15) is 18.9 Å². The fourth-order valence-electron chi connectivity index (χ4n) is 1.70. The third kappa shape index (κ3) is 4.28. The first-order chi connectivity index (χ1) is 8.71. The highest BCUT2D eigenvalue weighted by Gasteiger charge is 2.05. The number of ether oxygens (including phenoxy) is 1. The molecule has 1 rings (SSSR count). The summed E-state index contributed by atoms with van der Waals surface area (Å²) in [6.45, 7) is 3.91. The summed E-state index contributed by atoms with van der Waals surface area (Å²) < 4.78 is 5.15. The first kappa shape index (κ1) is 14.4. The van der Waals surface area contributed by atoms with Crippen molar-refractivity contribution in [2.24, 2.45) is 4.99 Å². The molecule has 0 spiro atoms. The van der Waals surface area contributed by atoms with Crippen LogP contribution in [-0.2, 0) is 6.54 Å². The number of benzene rings is 1. The average Bonchev–Trinajstić information content (AvgIpc) is 2.40. The van der Waals surface area contributed by atoms with E-state index >= 15 is 0 Å². The van der Waals surface area contributed by atoms with E-state index in [1.165, 1.54) is 5.56 Å². The van der Waals surface area contributed by atoms with E-state index in [9.17, 15) is 0 Å². The monoisotopic (exact) mass is 249 g/mol. The molecule has 0 saturated carbocycles. The highest BCUT2D eigenvalue weighted by molar-refractivity contribution is 5.79. The maximum absolute atomic E-state index is 5.15. The highest BCUT2D eigenvalue weighted by Crippen LogP contribution is 2.12. The second-order valence-corrected chi connectivity index (χ2v) is 4.18. The lowest BCUT2D eigenvalue weighted by Crippen LogP contribution is -2.38. The molecular formula is C14H23N3O. The minimum absolute atomic E-state index is 0.827. The van der Waals surface area contributed by atoms with Crippen LogP contribution in [0.4, 0.5) is 0 Å². The number of hydrogen-bond donors (Lipinski definition) is 1. The Morgan fingerprint density at radius 1 is 1.33 bits per heavy atom. The van der Waals surface area contributed by atoms with Gasteiger partial charge in [-0.05, 0) is 24.1 Å². The van der Waals surface area contributed by atoms with Crippen LogP contribution in [-0.4, -0.2) is 38.6 Å². The van der Waals surface area contributed by atoms with Gasteiger partial charge in [0.05, 0.1) is 7.11 Å². The van der Waals surface area contributed by atoms with Gasteiger partial charge in [0, 0.05) is 27.2 Å². The van der Waals surface area contributed by atoms with E-state index in [-0.39, 0.29) is 0 Å². The lowest BCUT2D eigenvalue weighted by Gasteiger charge is -2.22. The number of guanidine groups is 1. The fraction of sp³-hybridized carbons (Fsp3) is 0.500. The number of aliphatic imine (C=N–C) groups is 1. The largest absolute Gasteiger partial charge is 0.497 e. The quantitative estimate of drug-likeness (QED) is 0.641. The molecule has 1 N–H and O–H groups in total. The number of rotatable bonds is 5. The lowest BCUT2D eigenvalue weighted by molar-refractivity contribution is 0.414. The van der Waals surface area contributed by atoms with Crippen molar-refractivity contribution in [3.63, 3.8) is 0 Å². The van der Waals surface area contributed by atoms with Gasteiger partial charge in [-0.2, -0.15) is 0 Å². The zero-order valence-electron chi connectivity index (χ0n) is 11.7. The van der Waals surface area contributed by atoms with Crippen LogP contribution in [0.5, 0.6) is 5.75 Å². The fourth-order valence-corrected chi connectivity index (χ4v) is 1.70. The first-order valence-corrected chi connectivity index (χ1v) is 6.26. The van der Waals surface area contributed by atoms with Crippen molar-refractivity contribution in [1.82, 2.24) is 10.2 Å². The molecule has 0 unspecified atom stereocenters. The first-order valence-electron chi connectivity index (χ1n) is 6.26. The molecule has 0 fully saturated rings. The van der Waals surface area contributed by atoms with E-state index in [0.29, 0.717) is 0 Å². The SMILES string of the molecule is CCCNC(=NC)N(C)Cc1ccc(OC)cc1. The molecule has 0 saturated heterocycles. The van der Waals surface area contributed by atoms with E-state index in [4.69, 9.17) is 4.74 Å². The van der Waals surface area contributed by atoms with Gasteiger partial charge in [0.25, 0.3) is 0 Å². The second kappa shape index (κ2) is 7.58. The third-order valence-electron chi connectivity index (χ3n) is 2.69. The normalized spacial score (nSPS) is 11.2. The number of nitrogens with one attached hydrogen (secondary N) is 1. The molecule has 0 aliphatic rings. The molecular weight excluding hydrogens is 226 g/mol. The van der Waals surface area contributed by atoms with Crippen molar-refractivity contribution in [2.75, 3.05) is 27.7 Å². The van der Waals surface area contributed by atoms with Gasteiger partial charge in [-0.25, -0.2) is 0 Å². The minimum Gasteiger partial charge on any atom is -0.497 e. The van der Waals surface area contributed by atoms with Crippen molar-refractivity contribution in [1.29, 1.82) is 0 Å². The smallest absolute Gasteiger partial charge is 0.193 e. The molecule has 0 amide bonds. The lowest BCUT2D eigenvalue weighted by atomic mass is 10.2. The van der Waals surface area contributed by atoms with E-state index in [0.717, 1.165) is 31.2 Å². The van der Waals surface area contributed by atoms with Gasteiger partial charge in [-0.15, -0.1) is 0 Å². The highest BCUT2D eigenvalue weighted by atomic mass is 16.5. The molecule has 1 aromatic rings. The molecule has 0 aromatic heterocycles. The van der Waals surface area contributed by atoms with Gasteiger partial charge < -0.3 is 15.0 Å². The van der Waals surface area contributed by atoms with Crippen LogP contribution in [0.3, 0.4) is 0 Å². The number of hydrogen-bond acceptors (Lipinski definition) is 2. The maximum atomic E-state index is 5.15. The molecule has 1 aromatic carbocycles. The van der Waals surface area contributed by atoms with Crippen molar-refractivity contribution >= 4 is 5.96 Å². The Kier molecular flexibility index (Phi) is 6.05. The molecule has 18 heavy (non-hydrogen) atoms. The van der Waals surface area contributed by atoms with Gasteiger partial charge >= 0.3 is 0 Å². The second-order valence-electron chi connectivity index (χ2n) is 4.18. The summed E-state index contributed by atoms with van der Waals surface area (Å²) in [5.74, 6) is 1.81. The van der Waals surface area contributed by atoms with Crippen LogP contribution < -0.4 is 10.1 Å². The van der Waals surface area contributed by atoms with E-state index in [1.807, 2.05) is 26.2 Å². The summed E-state index contributed by atoms with van der Waals surface area (Å²) in [6.07, 6.45) is 1.09. The van der Waals surface area contributed by atoms with Gasteiger partial charge in [0.1, 0.15) is 5.75 Å². The summed E-state index contributed by atoms with van der Waals surface area (Å²) in [4.78, 5) is 6.37. The topological polar surface area (TPSA) is 36.9 Å². The molecule has 0 aliphatic heterocycles. The van der Waals surface area contributed by atoms with Crippen LogP contribution in [0.15, 0.2) is 29.3 Å². The summed E-state index contributed by atoms with van der Waals surface area (Å²) in [6, 6.07) is 8.10. The van der Waals surface area contributed by atoms with Crippen molar-refractivity contribution in [2.45, 2.75) is 19.9 Å². The summed E-state index contributed by atoms with van der Waals surface area (Å²) >= 11 is 0. The van der Waals surface area contributed by atoms with E-state index < -0.39 is 0 Å². The Bertz CT molecular complexity index is 373. The molecule has 0 atom stereocenters. The molecule has 0 heterocycles. The summed E-state index contributed by atoms with van der Waals surface area (Å²) in [5.41, 5.74) is 1.23. The Morgan fingerprint density at radius 3 is 2.50 bits per heavy atom. The molecule has 0 radical (unpaired) electrons. The summed E-state index contributed by atoms with van der Waals surface area (Å²) in [5, 5.41) is 3.31. The Morgan fingerprint density at radius 2 is 2.00 bits per heavy atom. The minimum atomic E-state index is 0.827. The molecule has 0 aliphatic carbocycles. The molecule has 100 valence electrons. The van der Waals surface area contributed by atoms with Crippen molar-refractivity contribution in [3.05, 3.63) is 29.8 Å². The number of methoxy groups -OCH3 is 1. The van der Waals surface area contributed by atoms with Crippen molar-refractivity contribution in [3.8, 4) is 5.75 Å². The van der Waals surface area contributed by atoms with Gasteiger partial charge in [0.15, 0.2) is 5.96 Å². The van der Waals surface area contributed by atoms with Crippen LogP contribution in [0.25, 0.3) is 0 Å². The predicted octanol–water partition coefficient (Wildman–Crippen LogP) is 2.11. The van der Waals surface area contributed by atoms with Gasteiger partial charge in [-0.3, -0.25) is 4.99 Å². The third-order valence-corrected chi connectivity index (χ3v) is 2.69. The zero-order chi connectivity index (χ0) is 13.4. The van der Waals surface area contributed by atoms with E-state index in [2.05, 4.69) is 34.3 Å².